The number of nitrogens with zero attached hydrogens (tertiary/aromatic N) is 3. The average Bonchev–Trinajstić information content (AvgIpc) is 3.08. The zero-order chi connectivity index (χ0) is 18.5. The maximum Gasteiger partial charge on any atom is 0.251 e. The molecule has 1 fully saturated rings. The van der Waals surface area contributed by atoms with Crippen molar-refractivity contribution in [3.63, 3.8) is 0 Å². The van der Waals surface area contributed by atoms with Crippen molar-refractivity contribution in [2.24, 2.45) is 0 Å². The van der Waals surface area contributed by atoms with Crippen LogP contribution in [0.15, 0.2) is 33.3 Å². The molecule has 1 aromatic carbocycles. The molecular formula is C18H21BrN4O3. The number of aromatic nitrogens is 2. The number of hydrogen-bond acceptors (Lipinski definition) is 5. The fourth-order valence-electron chi connectivity index (χ4n) is 3.00. The molecule has 0 unspecified atom stereocenters. The van der Waals surface area contributed by atoms with Gasteiger partial charge in [0.2, 0.25) is 11.8 Å². The van der Waals surface area contributed by atoms with Crippen molar-refractivity contribution in [3.8, 4) is 0 Å². The zero-order valence-electron chi connectivity index (χ0n) is 14.6. The summed E-state index contributed by atoms with van der Waals surface area (Å²) >= 11 is 3.34. The molecule has 3 rings (SSSR count). The van der Waals surface area contributed by atoms with Crippen LogP contribution in [0.2, 0.25) is 0 Å². The van der Waals surface area contributed by atoms with Gasteiger partial charge in [0, 0.05) is 42.0 Å². The first-order valence-corrected chi connectivity index (χ1v) is 9.44. The van der Waals surface area contributed by atoms with Crippen LogP contribution in [0.3, 0.4) is 0 Å². The maximum atomic E-state index is 12.3. The summed E-state index contributed by atoms with van der Waals surface area (Å²) < 4.78 is 6.14. The Morgan fingerprint density at radius 1 is 1.27 bits per heavy atom. The van der Waals surface area contributed by atoms with Gasteiger partial charge in [0.15, 0.2) is 5.82 Å². The van der Waals surface area contributed by atoms with Gasteiger partial charge in [-0.05, 0) is 44.0 Å². The second-order valence-corrected chi connectivity index (χ2v) is 7.26. The number of benzene rings is 1. The fraction of sp³-hybridized carbons (Fsp3) is 0.444. The highest BCUT2D eigenvalue weighted by molar-refractivity contribution is 9.10. The smallest absolute Gasteiger partial charge is 0.251 e. The van der Waals surface area contributed by atoms with Crippen molar-refractivity contribution in [1.82, 2.24) is 20.4 Å². The van der Waals surface area contributed by atoms with Crippen molar-refractivity contribution in [3.05, 3.63) is 46.0 Å². The molecule has 0 radical (unpaired) electrons. The van der Waals surface area contributed by atoms with Gasteiger partial charge < -0.3 is 14.7 Å². The Morgan fingerprint density at radius 3 is 2.58 bits per heavy atom. The molecule has 1 aliphatic heterocycles. The molecular weight excluding hydrogens is 400 g/mol. The summed E-state index contributed by atoms with van der Waals surface area (Å²) in [4.78, 5) is 30.5. The first-order chi connectivity index (χ1) is 12.5. The standard InChI is InChI=1S/C18H21BrN4O3/c1-12-21-18(26-22-12)14-7-10-23(11-8-14)16(24)6-9-20-17(25)13-2-4-15(19)5-3-13/h2-5,14H,6-11H2,1H3,(H,20,25). The van der Waals surface area contributed by atoms with Crippen molar-refractivity contribution in [1.29, 1.82) is 0 Å². The van der Waals surface area contributed by atoms with E-state index in [0.29, 0.717) is 43.3 Å². The molecule has 2 amide bonds. The Hall–Kier alpha value is -2.22. The number of nitrogens with one attached hydrogen (secondary N) is 1. The van der Waals surface area contributed by atoms with E-state index in [2.05, 4.69) is 31.4 Å². The molecule has 1 aliphatic rings. The molecule has 0 atom stereocenters. The van der Waals surface area contributed by atoms with Crippen LogP contribution in [0.1, 0.15) is 47.3 Å². The third-order valence-electron chi connectivity index (χ3n) is 4.47. The lowest BCUT2D eigenvalue weighted by molar-refractivity contribution is -0.132. The minimum absolute atomic E-state index is 0.0567. The number of hydrogen-bond donors (Lipinski definition) is 1. The molecule has 1 N–H and O–H groups in total. The van der Waals surface area contributed by atoms with Gasteiger partial charge >= 0.3 is 0 Å². The van der Waals surface area contributed by atoms with Crippen molar-refractivity contribution < 1.29 is 14.1 Å². The Labute approximate surface area is 160 Å². The Bertz CT molecular complexity index is 767. The number of piperidine rings is 1. The van der Waals surface area contributed by atoms with Gasteiger partial charge in [0.05, 0.1) is 0 Å². The molecule has 2 heterocycles. The fourth-order valence-corrected chi connectivity index (χ4v) is 3.26. The summed E-state index contributed by atoms with van der Waals surface area (Å²) in [6, 6.07) is 7.11. The van der Waals surface area contributed by atoms with Crippen LogP contribution in [0, 0.1) is 6.92 Å². The number of halogens is 1. The Morgan fingerprint density at radius 2 is 1.96 bits per heavy atom. The van der Waals surface area contributed by atoms with Gasteiger partial charge in [-0.15, -0.1) is 0 Å². The van der Waals surface area contributed by atoms with Crippen LogP contribution < -0.4 is 5.32 Å². The predicted octanol–water partition coefficient (Wildman–Crippen LogP) is 2.67. The lowest BCUT2D eigenvalue weighted by Gasteiger charge is -2.30. The number of carbonyl (C=O) groups excluding carboxylic acids is 2. The lowest BCUT2D eigenvalue weighted by Crippen LogP contribution is -2.39. The molecule has 8 heteroatoms. The molecule has 26 heavy (non-hydrogen) atoms. The van der Waals surface area contributed by atoms with Gasteiger partial charge in [-0.1, -0.05) is 21.1 Å². The third-order valence-corrected chi connectivity index (χ3v) is 5.00. The second-order valence-electron chi connectivity index (χ2n) is 6.35. The number of amides is 2. The van der Waals surface area contributed by atoms with Gasteiger partial charge in [-0.2, -0.15) is 4.98 Å². The monoisotopic (exact) mass is 420 g/mol. The van der Waals surface area contributed by atoms with Crippen LogP contribution in [-0.2, 0) is 4.79 Å². The highest BCUT2D eigenvalue weighted by Crippen LogP contribution is 2.26. The van der Waals surface area contributed by atoms with E-state index in [9.17, 15) is 9.59 Å². The molecule has 138 valence electrons. The number of aryl methyl sites for hydroxylation is 1. The first kappa shape index (κ1) is 18.6. The highest BCUT2D eigenvalue weighted by Gasteiger charge is 2.26. The SMILES string of the molecule is Cc1noc(C2CCN(C(=O)CCNC(=O)c3ccc(Br)cc3)CC2)n1. The van der Waals surface area contributed by atoms with E-state index in [1.807, 2.05) is 17.0 Å². The summed E-state index contributed by atoms with van der Waals surface area (Å²) in [5, 5.41) is 6.61. The third kappa shape index (κ3) is 4.69. The van der Waals surface area contributed by atoms with Gasteiger partial charge in [-0.25, -0.2) is 0 Å². The molecule has 0 aliphatic carbocycles. The van der Waals surface area contributed by atoms with Crippen molar-refractivity contribution in [2.75, 3.05) is 19.6 Å². The minimum Gasteiger partial charge on any atom is -0.352 e. The zero-order valence-corrected chi connectivity index (χ0v) is 16.2. The molecule has 1 saturated heterocycles. The van der Waals surface area contributed by atoms with E-state index in [4.69, 9.17) is 4.52 Å². The van der Waals surface area contributed by atoms with Crippen LogP contribution in [0.25, 0.3) is 0 Å². The number of likely N-dealkylation sites (tertiary alicyclic amines) is 1. The number of rotatable bonds is 5. The van der Waals surface area contributed by atoms with Gasteiger partial charge in [-0.3, -0.25) is 9.59 Å². The normalized spacial score (nSPS) is 15.1. The van der Waals surface area contributed by atoms with Gasteiger partial charge in [0.1, 0.15) is 0 Å². The summed E-state index contributed by atoms with van der Waals surface area (Å²) in [5.41, 5.74) is 0.580. The molecule has 0 spiro atoms. The van der Waals surface area contributed by atoms with E-state index < -0.39 is 0 Å². The van der Waals surface area contributed by atoms with E-state index in [1.165, 1.54) is 0 Å². The first-order valence-electron chi connectivity index (χ1n) is 8.64. The topological polar surface area (TPSA) is 88.3 Å². The summed E-state index contributed by atoms with van der Waals surface area (Å²) in [5.74, 6) is 1.41. The maximum absolute atomic E-state index is 12.3. The quantitative estimate of drug-likeness (QED) is 0.802. The van der Waals surface area contributed by atoms with Crippen molar-refractivity contribution in [2.45, 2.75) is 32.1 Å². The summed E-state index contributed by atoms with van der Waals surface area (Å²) in [7, 11) is 0. The average molecular weight is 421 g/mol. The van der Waals surface area contributed by atoms with E-state index in [-0.39, 0.29) is 17.7 Å². The number of carbonyl (C=O) groups is 2. The largest absolute Gasteiger partial charge is 0.352 e. The molecule has 2 aromatic rings. The lowest BCUT2D eigenvalue weighted by atomic mass is 9.96. The van der Waals surface area contributed by atoms with Crippen LogP contribution >= 0.6 is 15.9 Å². The van der Waals surface area contributed by atoms with E-state index >= 15 is 0 Å². The van der Waals surface area contributed by atoms with Crippen molar-refractivity contribution >= 4 is 27.7 Å². The molecule has 7 nitrogen and oxygen atoms in total. The van der Waals surface area contributed by atoms with Crippen LogP contribution in [0.5, 0.6) is 0 Å². The van der Waals surface area contributed by atoms with E-state index in [0.717, 1.165) is 17.3 Å². The van der Waals surface area contributed by atoms with Crippen LogP contribution in [-0.4, -0.2) is 46.5 Å². The molecule has 1 aromatic heterocycles. The Balaban J connectivity index is 1.40. The minimum atomic E-state index is -0.171. The summed E-state index contributed by atoms with van der Waals surface area (Å²) in [6.45, 7) is 3.47. The van der Waals surface area contributed by atoms with Crippen LogP contribution in [0.4, 0.5) is 0 Å². The second kappa shape index (κ2) is 8.44. The predicted molar refractivity (Wildman–Crippen MR) is 98.7 cm³/mol. The van der Waals surface area contributed by atoms with E-state index in [1.54, 1.807) is 19.1 Å². The highest BCUT2D eigenvalue weighted by atomic mass is 79.9. The molecule has 0 bridgehead atoms. The molecule has 0 saturated carbocycles. The van der Waals surface area contributed by atoms with Gasteiger partial charge in [0.25, 0.3) is 5.91 Å². The Kier molecular flexibility index (Phi) is 6.03. The summed E-state index contributed by atoms with van der Waals surface area (Å²) in [6.07, 6.45) is 1.93.